The molecule has 0 aliphatic rings. The number of nitrogens with two attached hydrogens (primary N) is 1. The number of ether oxygens (including phenoxy) is 1. The molecule has 0 unspecified atom stereocenters. The average Bonchev–Trinajstić information content (AvgIpc) is 2.34. The molecule has 112 valence electrons. The minimum atomic E-state index is -3.52. The van der Waals surface area contributed by atoms with Gasteiger partial charge < -0.3 is 10.5 Å². The van der Waals surface area contributed by atoms with Crippen LogP contribution in [0.3, 0.4) is 0 Å². The number of primary amides is 1. The Morgan fingerprint density at radius 2 is 2.05 bits per heavy atom. The van der Waals surface area contributed by atoms with Crippen LogP contribution in [0.25, 0.3) is 0 Å². The Kier molecular flexibility index (Phi) is 5.52. The summed E-state index contributed by atoms with van der Waals surface area (Å²) in [5.41, 5.74) is 5.61. The molecule has 0 bridgehead atoms. The highest BCUT2D eigenvalue weighted by Gasteiger charge is 2.15. The maximum absolute atomic E-state index is 12.0. The minimum Gasteiger partial charge on any atom is -0.484 e. The summed E-state index contributed by atoms with van der Waals surface area (Å²) in [6.07, 6.45) is 0. The summed E-state index contributed by atoms with van der Waals surface area (Å²) >= 11 is 0. The van der Waals surface area contributed by atoms with E-state index in [0.29, 0.717) is 17.9 Å². The second-order valence-electron chi connectivity index (χ2n) is 4.93. The van der Waals surface area contributed by atoms with Crippen LogP contribution in [0, 0.1) is 12.8 Å². The van der Waals surface area contributed by atoms with E-state index in [1.165, 1.54) is 18.2 Å². The molecule has 0 spiro atoms. The van der Waals surface area contributed by atoms with E-state index < -0.39 is 15.9 Å². The number of sulfonamides is 1. The van der Waals surface area contributed by atoms with Crippen molar-refractivity contribution in [2.45, 2.75) is 25.7 Å². The first-order valence-corrected chi connectivity index (χ1v) is 7.72. The van der Waals surface area contributed by atoms with Crippen LogP contribution in [-0.4, -0.2) is 27.5 Å². The van der Waals surface area contributed by atoms with Gasteiger partial charge in [0.2, 0.25) is 10.0 Å². The zero-order valence-corrected chi connectivity index (χ0v) is 12.7. The molecule has 0 heterocycles. The van der Waals surface area contributed by atoms with E-state index in [-0.39, 0.29) is 17.4 Å². The Morgan fingerprint density at radius 3 is 2.55 bits per heavy atom. The van der Waals surface area contributed by atoms with Crippen molar-refractivity contribution in [2.24, 2.45) is 11.7 Å². The molecule has 0 saturated heterocycles. The molecule has 0 aliphatic heterocycles. The van der Waals surface area contributed by atoms with Crippen molar-refractivity contribution in [1.82, 2.24) is 4.72 Å². The minimum absolute atomic E-state index is 0.169. The van der Waals surface area contributed by atoms with E-state index in [4.69, 9.17) is 10.5 Å². The van der Waals surface area contributed by atoms with Crippen molar-refractivity contribution >= 4 is 15.9 Å². The Balaban J connectivity index is 2.88. The first-order chi connectivity index (χ1) is 9.22. The van der Waals surface area contributed by atoms with Gasteiger partial charge in [0.1, 0.15) is 5.75 Å². The second-order valence-corrected chi connectivity index (χ2v) is 6.69. The van der Waals surface area contributed by atoms with Gasteiger partial charge in [-0.25, -0.2) is 13.1 Å². The van der Waals surface area contributed by atoms with Crippen LogP contribution in [0.15, 0.2) is 23.1 Å². The van der Waals surface area contributed by atoms with Crippen LogP contribution in [0.2, 0.25) is 0 Å². The van der Waals surface area contributed by atoms with E-state index in [2.05, 4.69) is 4.72 Å². The monoisotopic (exact) mass is 300 g/mol. The lowest BCUT2D eigenvalue weighted by Crippen LogP contribution is -2.27. The number of carbonyl (C=O) groups excluding carboxylic acids is 1. The van der Waals surface area contributed by atoms with Crippen molar-refractivity contribution in [1.29, 1.82) is 0 Å². The van der Waals surface area contributed by atoms with Gasteiger partial charge in [-0.3, -0.25) is 4.79 Å². The first-order valence-electron chi connectivity index (χ1n) is 6.24. The number of carbonyl (C=O) groups is 1. The fourth-order valence-electron chi connectivity index (χ4n) is 1.46. The van der Waals surface area contributed by atoms with Gasteiger partial charge in [0.25, 0.3) is 5.91 Å². The first kappa shape index (κ1) is 16.5. The van der Waals surface area contributed by atoms with Crippen molar-refractivity contribution < 1.29 is 17.9 Å². The summed E-state index contributed by atoms with van der Waals surface area (Å²) in [5.74, 6) is 0.0790. The highest BCUT2D eigenvalue weighted by Crippen LogP contribution is 2.21. The quantitative estimate of drug-likeness (QED) is 0.778. The summed E-state index contributed by atoms with van der Waals surface area (Å²) in [5, 5.41) is 0. The fourth-order valence-corrected chi connectivity index (χ4v) is 2.76. The molecule has 7 heteroatoms. The van der Waals surface area contributed by atoms with Gasteiger partial charge in [-0.05, 0) is 36.6 Å². The number of rotatable bonds is 7. The van der Waals surface area contributed by atoms with Crippen molar-refractivity contribution in [2.75, 3.05) is 13.2 Å². The molecular formula is C13H20N2O4S. The van der Waals surface area contributed by atoms with Gasteiger partial charge in [-0.2, -0.15) is 0 Å². The molecule has 1 amide bonds. The normalized spacial score (nSPS) is 11.6. The van der Waals surface area contributed by atoms with Gasteiger partial charge in [0, 0.05) is 6.54 Å². The van der Waals surface area contributed by atoms with Crippen LogP contribution in [0.4, 0.5) is 0 Å². The van der Waals surface area contributed by atoms with E-state index in [1.807, 2.05) is 13.8 Å². The molecule has 1 rings (SSSR count). The smallest absolute Gasteiger partial charge is 0.255 e. The van der Waals surface area contributed by atoms with E-state index in [9.17, 15) is 13.2 Å². The van der Waals surface area contributed by atoms with Crippen LogP contribution >= 0.6 is 0 Å². The van der Waals surface area contributed by atoms with E-state index in [1.54, 1.807) is 6.92 Å². The summed E-state index contributed by atoms with van der Waals surface area (Å²) in [6.45, 7) is 5.70. The lowest BCUT2D eigenvalue weighted by Gasteiger charge is -2.11. The third-order valence-electron chi connectivity index (χ3n) is 2.51. The summed E-state index contributed by atoms with van der Waals surface area (Å²) < 4.78 is 31.8. The molecule has 1 aromatic carbocycles. The lowest BCUT2D eigenvalue weighted by molar-refractivity contribution is -0.119. The van der Waals surface area contributed by atoms with Gasteiger partial charge in [-0.1, -0.05) is 13.8 Å². The Bertz CT molecular complexity index is 582. The Morgan fingerprint density at radius 1 is 1.40 bits per heavy atom. The Labute approximate surface area is 119 Å². The number of hydrogen-bond donors (Lipinski definition) is 2. The van der Waals surface area contributed by atoms with Crippen LogP contribution in [0.5, 0.6) is 5.75 Å². The van der Waals surface area contributed by atoms with Crippen LogP contribution in [-0.2, 0) is 14.8 Å². The van der Waals surface area contributed by atoms with E-state index >= 15 is 0 Å². The highest BCUT2D eigenvalue weighted by atomic mass is 32.2. The highest BCUT2D eigenvalue weighted by molar-refractivity contribution is 7.89. The largest absolute Gasteiger partial charge is 0.484 e. The molecule has 0 aliphatic carbocycles. The van der Waals surface area contributed by atoms with Crippen molar-refractivity contribution in [3.8, 4) is 5.75 Å². The number of aryl methyl sites for hydroxylation is 1. The molecular weight excluding hydrogens is 280 g/mol. The lowest BCUT2D eigenvalue weighted by atomic mass is 10.2. The van der Waals surface area contributed by atoms with Crippen LogP contribution < -0.4 is 15.2 Å². The zero-order chi connectivity index (χ0) is 15.3. The molecule has 0 saturated carbocycles. The average molecular weight is 300 g/mol. The molecule has 0 aromatic heterocycles. The third-order valence-corrected chi connectivity index (χ3v) is 3.93. The maximum atomic E-state index is 12.0. The van der Waals surface area contributed by atoms with Crippen molar-refractivity contribution in [3.05, 3.63) is 23.8 Å². The van der Waals surface area contributed by atoms with Gasteiger partial charge in [-0.15, -0.1) is 0 Å². The fraction of sp³-hybridized carbons (Fsp3) is 0.462. The van der Waals surface area contributed by atoms with Gasteiger partial charge >= 0.3 is 0 Å². The number of hydrogen-bond acceptors (Lipinski definition) is 4. The van der Waals surface area contributed by atoms with Crippen molar-refractivity contribution in [3.63, 3.8) is 0 Å². The van der Waals surface area contributed by atoms with Gasteiger partial charge in [0.15, 0.2) is 6.61 Å². The standard InChI is InChI=1S/C13H20N2O4S/c1-9(2)7-15-20(17,18)11-4-5-12(10(3)6-11)19-8-13(14)16/h4-6,9,15H,7-8H2,1-3H3,(H2,14,16). The molecule has 0 radical (unpaired) electrons. The predicted octanol–water partition coefficient (Wildman–Crippen LogP) is 0.793. The maximum Gasteiger partial charge on any atom is 0.255 e. The molecule has 6 nitrogen and oxygen atoms in total. The molecule has 0 atom stereocenters. The number of amides is 1. The van der Waals surface area contributed by atoms with Gasteiger partial charge in [0.05, 0.1) is 4.90 Å². The molecule has 0 fully saturated rings. The number of nitrogens with one attached hydrogen (secondary N) is 1. The van der Waals surface area contributed by atoms with E-state index in [0.717, 1.165) is 0 Å². The van der Waals surface area contributed by atoms with Crippen LogP contribution in [0.1, 0.15) is 19.4 Å². The third kappa shape index (κ3) is 4.82. The summed E-state index contributed by atoms with van der Waals surface area (Å²) in [6, 6.07) is 4.45. The molecule has 3 N–H and O–H groups in total. The Hall–Kier alpha value is -1.60. The summed E-state index contributed by atoms with van der Waals surface area (Å²) in [7, 11) is -3.52. The zero-order valence-electron chi connectivity index (χ0n) is 11.8. The predicted molar refractivity (Wildman–Crippen MR) is 75.9 cm³/mol. The molecule has 20 heavy (non-hydrogen) atoms. The SMILES string of the molecule is Cc1cc(S(=O)(=O)NCC(C)C)ccc1OCC(N)=O. The molecule has 1 aromatic rings. The number of benzene rings is 1. The topological polar surface area (TPSA) is 98.5 Å². The summed E-state index contributed by atoms with van der Waals surface area (Å²) in [4.78, 5) is 10.8. The second kappa shape index (κ2) is 6.71.